The van der Waals surface area contributed by atoms with E-state index in [0.29, 0.717) is 11.6 Å². The first-order chi connectivity index (χ1) is 20.2. The molecule has 0 aromatic heterocycles. The number of nitrogens with zero attached hydrogens (tertiary/aromatic N) is 2. The molecule has 2 amide bonds. The maximum atomic E-state index is 14.3. The van der Waals surface area contributed by atoms with Crippen LogP contribution >= 0.6 is 11.6 Å². The number of rotatable bonds is 12. The van der Waals surface area contributed by atoms with E-state index >= 15 is 0 Å². The SMILES string of the molecule is CCNC(=O)[C@@H](Cc1ccccc1)N(Cc1ccc(C)cc1)C(=O)CN(c1cccc(Cl)c1)S(=O)(=O)c1ccccc1. The van der Waals surface area contributed by atoms with Crippen LogP contribution in [0.2, 0.25) is 5.02 Å². The van der Waals surface area contributed by atoms with Gasteiger partial charge in [0.15, 0.2) is 0 Å². The van der Waals surface area contributed by atoms with E-state index in [9.17, 15) is 18.0 Å². The zero-order valence-corrected chi connectivity index (χ0v) is 25.2. The molecule has 218 valence electrons. The number of halogens is 1. The van der Waals surface area contributed by atoms with Crippen LogP contribution in [0.3, 0.4) is 0 Å². The molecule has 0 radical (unpaired) electrons. The summed E-state index contributed by atoms with van der Waals surface area (Å²) < 4.78 is 28.9. The van der Waals surface area contributed by atoms with E-state index in [1.807, 2.05) is 68.4 Å². The van der Waals surface area contributed by atoms with Crippen LogP contribution in [-0.2, 0) is 32.6 Å². The number of aryl methyl sites for hydroxylation is 1. The molecular formula is C33H34ClN3O4S. The normalized spacial score (nSPS) is 11.9. The van der Waals surface area contributed by atoms with Gasteiger partial charge >= 0.3 is 0 Å². The average molecular weight is 604 g/mol. The van der Waals surface area contributed by atoms with Gasteiger partial charge in [0, 0.05) is 24.5 Å². The zero-order valence-electron chi connectivity index (χ0n) is 23.6. The quantitative estimate of drug-likeness (QED) is 0.228. The number of likely N-dealkylation sites (N-methyl/N-ethyl adjacent to an activating group) is 1. The van der Waals surface area contributed by atoms with E-state index in [1.165, 1.54) is 23.1 Å². The smallest absolute Gasteiger partial charge is 0.264 e. The lowest BCUT2D eigenvalue weighted by molar-refractivity contribution is -0.140. The zero-order chi connectivity index (χ0) is 30.1. The molecule has 1 atom stereocenters. The molecule has 0 aliphatic heterocycles. The molecule has 0 unspecified atom stereocenters. The van der Waals surface area contributed by atoms with Crippen molar-refractivity contribution in [3.63, 3.8) is 0 Å². The van der Waals surface area contributed by atoms with Gasteiger partial charge in [-0.05, 0) is 55.3 Å². The summed E-state index contributed by atoms with van der Waals surface area (Å²) in [6.07, 6.45) is 0.257. The fourth-order valence-corrected chi connectivity index (χ4v) is 6.23. The minimum Gasteiger partial charge on any atom is -0.355 e. The number of hydrogen-bond acceptors (Lipinski definition) is 4. The Labute approximate surface area is 252 Å². The van der Waals surface area contributed by atoms with Crippen LogP contribution in [0.1, 0.15) is 23.6 Å². The molecule has 0 heterocycles. The van der Waals surface area contributed by atoms with Crippen molar-refractivity contribution < 1.29 is 18.0 Å². The standard InChI is InChI=1S/C33H34ClN3O4S/c1-3-35-33(39)31(21-26-11-6-4-7-12-26)36(23-27-19-17-25(2)18-20-27)32(38)24-37(29-14-10-13-28(34)22-29)42(40,41)30-15-8-5-9-16-30/h4-20,22,31H,3,21,23-24H2,1-2H3,(H,35,39)/t31-/m1/s1. The van der Waals surface area contributed by atoms with Crippen molar-refractivity contribution in [2.24, 2.45) is 0 Å². The molecule has 4 aromatic carbocycles. The summed E-state index contributed by atoms with van der Waals surface area (Å²) in [6.45, 7) is 3.75. The van der Waals surface area contributed by atoms with Crippen molar-refractivity contribution in [2.45, 2.75) is 37.8 Å². The van der Waals surface area contributed by atoms with Gasteiger partial charge in [-0.3, -0.25) is 13.9 Å². The number of hydrogen-bond donors (Lipinski definition) is 1. The summed E-state index contributed by atoms with van der Waals surface area (Å²) in [5, 5.41) is 3.19. The van der Waals surface area contributed by atoms with Crippen LogP contribution in [0.4, 0.5) is 5.69 Å². The molecule has 4 rings (SSSR count). The number of carbonyl (C=O) groups is 2. The molecule has 0 fully saturated rings. The Morgan fingerprint density at radius 2 is 1.48 bits per heavy atom. The summed E-state index contributed by atoms with van der Waals surface area (Å²) in [4.78, 5) is 29.3. The fraction of sp³-hybridized carbons (Fsp3) is 0.212. The number of sulfonamides is 1. The van der Waals surface area contributed by atoms with Gasteiger partial charge in [-0.1, -0.05) is 96.0 Å². The Balaban J connectivity index is 1.78. The van der Waals surface area contributed by atoms with Gasteiger partial charge in [-0.25, -0.2) is 8.42 Å². The molecule has 42 heavy (non-hydrogen) atoms. The number of amides is 2. The lowest BCUT2D eigenvalue weighted by atomic mass is 10.0. The molecule has 7 nitrogen and oxygen atoms in total. The second-order valence-corrected chi connectivity index (χ2v) is 12.2. The van der Waals surface area contributed by atoms with Crippen LogP contribution in [-0.4, -0.2) is 44.3 Å². The van der Waals surface area contributed by atoms with Crippen molar-refractivity contribution in [1.82, 2.24) is 10.2 Å². The minimum atomic E-state index is -4.17. The summed E-state index contributed by atoms with van der Waals surface area (Å²) in [7, 11) is -4.17. The van der Waals surface area contributed by atoms with E-state index in [2.05, 4.69) is 5.32 Å². The van der Waals surface area contributed by atoms with Crippen molar-refractivity contribution >= 4 is 39.1 Å². The fourth-order valence-electron chi connectivity index (χ4n) is 4.62. The van der Waals surface area contributed by atoms with Gasteiger partial charge in [-0.15, -0.1) is 0 Å². The molecule has 9 heteroatoms. The third kappa shape index (κ3) is 7.78. The third-order valence-corrected chi connectivity index (χ3v) is 8.83. The highest BCUT2D eigenvalue weighted by Crippen LogP contribution is 2.27. The maximum Gasteiger partial charge on any atom is 0.264 e. The van der Waals surface area contributed by atoms with Crippen molar-refractivity contribution in [2.75, 3.05) is 17.4 Å². The molecule has 0 saturated carbocycles. The number of benzene rings is 4. The Kier molecular flexibility index (Phi) is 10.4. The van der Waals surface area contributed by atoms with Crippen molar-refractivity contribution in [1.29, 1.82) is 0 Å². The predicted octanol–water partition coefficient (Wildman–Crippen LogP) is 5.62. The van der Waals surface area contributed by atoms with E-state index in [4.69, 9.17) is 11.6 Å². The molecule has 0 aliphatic rings. The summed E-state index contributed by atoms with van der Waals surface area (Å²) in [6, 6.07) is 30.5. The molecule has 1 N–H and O–H groups in total. The molecule has 0 saturated heterocycles. The Morgan fingerprint density at radius 1 is 0.833 bits per heavy atom. The van der Waals surface area contributed by atoms with Crippen LogP contribution in [0.5, 0.6) is 0 Å². The van der Waals surface area contributed by atoms with E-state index in [0.717, 1.165) is 21.0 Å². The van der Waals surface area contributed by atoms with Gasteiger partial charge in [0.1, 0.15) is 12.6 Å². The number of carbonyl (C=O) groups excluding carboxylic acids is 2. The second kappa shape index (κ2) is 14.2. The van der Waals surface area contributed by atoms with Crippen LogP contribution in [0, 0.1) is 6.92 Å². The first kappa shape index (κ1) is 30.8. The highest BCUT2D eigenvalue weighted by Gasteiger charge is 2.34. The molecular weight excluding hydrogens is 570 g/mol. The lowest BCUT2D eigenvalue weighted by Gasteiger charge is -2.34. The summed E-state index contributed by atoms with van der Waals surface area (Å²) in [5.74, 6) is -0.843. The molecule has 0 bridgehead atoms. The predicted molar refractivity (Wildman–Crippen MR) is 167 cm³/mol. The van der Waals surface area contributed by atoms with Gasteiger partial charge in [0.2, 0.25) is 11.8 Å². The van der Waals surface area contributed by atoms with E-state index < -0.39 is 28.5 Å². The largest absolute Gasteiger partial charge is 0.355 e. The Morgan fingerprint density at radius 3 is 2.10 bits per heavy atom. The maximum absolute atomic E-state index is 14.3. The number of anilines is 1. The van der Waals surface area contributed by atoms with Crippen LogP contribution in [0.25, 0.3) is 0 Å². The Bertz CT molecular complexity index is 1600. The topological polar surface area (TPSA) is 86.8 Å². The average Bonchev–Trinajstić information content (AvgIpc) is 2.99. The summed E-state index contributed by atoms with van der Waals surface area (Å²) >= 11 is 6.25. The monoisotopic (exact) mass is 603 g/mol. The van der Waals surface area contributed by atoms with Gasteiger partial charge < -0.3 is 10.2 Å². The van der Waals surface area contributed by atoms with Crippen molar-refractivity contribution in [3.05, 3.63) is 131 Å². The van der Waals surface area contributed by atoms with Gasteiger partial charge in [0.05, 0.1) is 10.6 Å². The molecule has 0 aliphatic carbocycles. The third-order valence-electron chi connectivity index (χ3n) is 6.80. The van der Waals surface area contributed by atoms with Gasteiger partial charge in [-0.2, -0.15) is 0 Å². The first-order valence-corrected chi connectivity index (χ1v) is 15.5. The number of nitrogens with one attached hydrogen (secondary N) is 1. The first-order valence-electron chi connectivity index (χ1n) is 13.7. The second-order valence-electron chi connectivity index (χ2n) is 9.91. The van der Waals surface area contributed by atoms with Crippen LogP contribution < -0.4 is 9.62 Å². The lowest BCUT2D eigenvalue weighted by Crippen LogP contribution is -2.53. The summed E-state index contributed by atoms with van der Waals surface area (Å²) in [5.41, 5.74) is 2.99. The van der Waals surface area contributed by atoms with E-state index in [-0.39, 0.29) is 29.5 Å². The van der Waals surface area contributed by atoms with Crippen molar-refractivity contribution in [3.8, 4) is 0 Å². The highest BCUT2D eigenvalue weighted by molar-refractivity contribution is 7.92. The molecule has 4 aromatic rings. The van der Waals surface area contributed by atoms with Gasteiger partial charge in [0.25, 0.3) is 10.0 Å². The minimum absolute atomic E-state index is 0.0346. The van der Waals surface area contributed by atoms with E-state index in [1.54, 1.807) is 36.4 Å². The van der Waals surface area contributed by atoms with Crippen LogP contribution in [0.15, 0.2) is 114 Å². The Hall–Kier alpha value is -4.14. The molecule has 0 spiro atoms. The highest BCUT2D eigenvalue weighted by atomic mass is 35.5.